The number of rotatable bonds is 8. The number of fused-ring (bicyclic) bond motifs is 3. The van der Waals surface area contributed by atoms with Gasteiger partial charge >= 0.3 is 0 Å². The van der Waals surface area contributed by atoms with E-state index in [4.69, 9.17) is 0 Å². The molecule has 0 spiro atoms. The molecule has 1 aromatic carbocycles. The first-order valence-electron chi connectivity index (χ1n) is 9.50. The van der Waals surface area contributed by atoms with Crippen LogP contribution in [0.15, 0.2) is 36.7 Å². The molecule has 2 heteroatoms. The van der Waals surface area contributed by atoms with Gasteiger partial charge in [-0.3, -0.25) is 9.97 Å². The van der Waals surface area contributed by atoms with Gasteiger partial charge in [-0.25, -0.2) is 0 Å². The summed E-state index contributed by atoms with van der Waals surface area (Å²) in [6.45, 7) is 4.54. The maximum Gasteiger partial charge on any atom is 0.0967 e. The molecule has 0 aliphatic heterocycles. The van der Waals surface area contributed by atoms with E-state index in [0.717, 1.165) is 23.9 Å². The zero-order chi connectivity index (χ0) is 16.8. The molecule has 3 aromatic rings. The van der Waals surface area contributed by atoms with Crippen LogP contribution in [0.4, 0.5) is 0 Å². The Morgan fingerprint density at radius 2 is 1.12 bits per heavy atom. The molecule has 0 saturated heterocycles. The van der Waals surface area contributed by atoms with E-state index in [0.29, 0.717) is 0 Å². The van der Waals surface area contributed by atoms with Crippen molar-refractivity contribution in [2.75, 3.05) is 0 Å². The van der Waals surface area contributed by atoms with Crippen LogP contribution >= 0.6 is 0 Å². The number of unbranched alkanes of at least 4 members (excludes halogenated alkanes) is 4. The third-order valence-electron chi connectivity index (χ3n) is 4.91. The molecule has 126 valence electrons. The summed E-state index contributed by atoms with van der Waals surface area (Å²) in [4.78, 5) is 9.35. The van der Waals surface area contributed by atoms with Crippen molar-refractivity contribution in [2.45, 2.75) is 65.2 Å². The third kappa shape index (κ3) is 3.43. The van der Waals surface area contributed by atoms with Crippen molar-refractivity contribution in [3.63, 3.8) is 0 Å². The van der Waals surface area contributed by atoms with Crippen molar-refractivity contribution >= 4 is 21.8 Å². The molecule has 0 aliphatic carbocycles. The Morgan fingerprint density at radius 3 is 1.54 bits per heavy atom. The van der Waals surface area contributed by atoms with E-state index in [-0.39, 0.29) is 0 Å². The standard InChI is InChI=1S/C22H28N2/c1-3-5-7-11-17-18(12-8-6-4-2)20-14-10-16-24-22(20)21-19(17)13-9-15-23-21/h9-10,13-16H,3-8,11-12H2,1-2H3. The Hall–Kier alpha value is -1.96. The monoisotopic (exact) mass is 320 g/mol. The van der Waals surface area contributed by atoms with Crippen LogP contribution in [0.3, 0.4) is 0 Å². The zero-order valence-electron chi connectivity index (χ0n) is 15.0. The fourth-order valence-corrected chi connectivity index (χ4v) is 3.67. The Labute approximate surface area is 145 Å². The molecule has 2 aromatic heterocycles. The molecule has 0 N–H and O–H groups in total. The lowest BCUT2D eigenvalue weighted by Crippen LogP contribution is -2.01. The largest absolute Gasteiger partial charge is 0.254 e. The summed E-state index contributed by atoms with van der Waals surface area (Å²) in [6.07, 6.45) is 13.7. The van der Waals surface area contributed by atoms with Gasteiger partial charge in [0.2, 0.25) is 0 Å². The SMILES string of the molecule is CCCCCc1c(CCCCC)c2cccnc2c2ncccc12. The summed E-state index contributed by atoms with van der Waals surface area (Å²) in [7, 11) is 0. The molecular formula is C22H28N2. The smallest absolute Gasteiger partial charge is 0.0967 e. The van der Waals surface area contributed by atoms with Crippen LogP contribution in [-0.4, -0.2) is 9.97 Å². The van der Waals surface area contributed by atoms with E-state index in [1.54, 1.807) is 0 Å². The number of benzene rings is 1. The minimum absolute atomic E-state index is 1.07. The Kier molecular flexibility index (Phi) is 5.79. The lowest BCUT2D eigenvalue weighted by atomic mass is 9.90. The van der Waals surface area contributed by atoms with Gasteiger partial charge in [-0.2, -0.15) is 0 Å². The number of nitrogens with zero attached hydrogens (tertiary/aromatic N) is 2. The van der Waals surface area contributed by atoms with E-state index >= 15 is 0 Å². The van der Waals surface area contributed by atoms with Gasteiger partial charge < -0.3 is 0 Å². The first kappa shape index (κ1) is 16.9. The highest BCUT2D eigenvalue weighted by atomic mass is 14.7. The van der Waals surface area contributed by atoms with Crippen LogP contribution in [0.25, 0.3) is 21.8 Å². The third-order valence-corrected chi connectivity index (χ3v) is 4.91. The number of hydrogen-bond acceptors (Lipinski definition) is 2. The number of aromatic nitrogens is 2. The predicted molar refractivity (Wildman–Crippen MR) is 104 cm³/mol. The fraction of sp³-hybridized carbons (Fsp3) is 0.455. The Bertz CT molecular complexity index is 739. The summed E-state index contributed by atoms with van der Waals surface area (Å²) in [6, 6.07) is 8.61. The zero-order valence-corrected chi connectivity index (χ0v) is 15.0. The number of pyridine rings is 2. The summed E-state index contributed by atoms with van der Waals surface area (Å²) in [5, 5.41) is 2.62. The molecular weight excluding hydrogens is 292 g/mol. The van der Waals surface area contributed by atoms with Crippen molar-refractivity contribution in [3.05, 3.63) is 47.8 Å². The van der Waals surface area contributed by atoms with Crippen LogP contribution in [-0.2, 0) is 12.8 Å². The van der Waals surface area contributed by atoms with Crippen molar-refractivity contribution in [2.24, 2.45) is 0 Å². The van der Waals surface area contributed by atoms with Crippen LogP contribution in [0.2, 0.25) is 0 Å². The Balaban J connectivity index is 2.18. The van der Waals surface area contributed by atoms with Gasteiger partial charge in [-0.05, 0) is 48.9 Å². The average molecular weight is 320 g/mol. The van der Waals surface area contributed by atoms with Crippen molar-refractivity contribution in [1.29, 1.82) is 0 Å². The molecule has 0 saturated carbocycles. The highest BCUT2D eigenvalue weighted by molar-refractivity contribution is 6.06. The molecule has 0 aliphatic rings. The quantitative estimate of drug-likeness (QED) is 0.362. The van der Waals surface area contributed by atoms with Crippen molar-refractivity contribution < 1.29 is 0 Å². The van der Waals surface area contributed by atoms with E-state index < -0.39 is 0 Å². The van der Waals surface area contributed by atoms with Crippen LogP contribution in [0, 0.1) is 0 Å². The molecule has 0 unspecified atom stereocenters. The molecule has 0 atom stereocenters. The van der Waals surface area contributed by atoms with Gasteiger partial charge in [0.15, 0.2) is 0 Å². The fourth-order valence-electron chi connectivity index (χ4n) is 3.67. The van der Waals surface area contributed by atoms with Crippen LogP contribution in [0.1, 0.15) is 63.5 Å². The summed E-state index contributed by atoms with van der Waals surface area (Å²) in [5.74, 6) is 0. The molecule has 3 rings (SSSR count). The second-order valence-corrected chi connectivity index (χ2v) is 6.67. The van der Waals surface area contributed by atoms with E-state index in [1.165, 1.54) is 60.4 Å². The topological polar surface area (TPSA) is 25.8 Å². The minimum atomic E-state index is 1.07. The average Bonchev–Trinajstić information content (AvgIpc) is 2.63. The van der Waals surface area contributed by atoms with Gasteiger partial charge in [0, 0.05) is 23.2 Å². The molecule has 24 heavy (non-hydrogen) atoms. The molecule has 0 amide bonds. The lowest BCUT2D eigenvalue weighted by molar-refractivity contribution is 0.698. The molecule has 2 heterocycles. The first-order valence-corrected chi connectivity index (χ1v) is 9.50. The highest BCUT2D eigenvalue weighted by Gasteiger charge is 2.15. The Morgan fingerprint density at radius 1 is 0.667 bits per heavy atom. The van der Waals surface area contributed by atoms with Gasteiger partial charge in [0.25, 0.3) is 0 Å². The summed E-state index contributed by atoms with van der Waals surface area (Å²) < 4.78 is 0. The lowest BCUT2D eigenvalue weighted by Gasteiger charge is -2.16. The van der Waals surface area contributed by atoms with E-state index in [1.807, 2.05) is 12.4 Å². The van der Waals surface area contributed by atoms with Gasteiger partial charge in [-0.15, -0.1) is 0 Å². The maximum atomic E-state index is 4.67. The maximum absolute atomic E-state index is 4.67. The molecule has 0 bridgehead atoms. The predicted octanol–water partition coefficient (Wildman–Crippen LogP) is 6.25. The van der Waals surface area contributed by atoms with Crippen molar-refractivity contribution in [3.8, 4) is 0 Å². The van der Waals surface area contributed by atoms with Crippen LogP contribution in [0.5, 0.6) is 0 Å². The second kappa shape index (κ2) is 8.23. The van der Waals surface area contributed by atoms with Gasteiger partial charge in [0.1, 0.15) is 0 Å². The molecule has 0 radical (unpaired) electrons. The normalized spacial score (nSPS) is 11.4. The summed E-state index contributed by atoms with van der Waals surface area (Å²) in [5.41, 5.74) is 5.17. The van der Waals surface area contributed by atoms with Gasteiger partial charge in [-0.1, -0.05) is 51.7 Å². The van der Waals surface area contributed by atoms with Crippen LogP contribution < -0.4 is 0 Å². The number of hydrogen-bond donors (Lipinski definition) is 0. The van der Waals surface area contributed by atoms with E-state index in [9.17, 15) is 0 Å². The number of aryl methyl sites for hydroxylation is 2. The van der Waals surface area contributed by atoms with E-state index in [2.05, 4.69) is 48.1 Å². The van der Waals surface area contributed by atoms with Gasteiger partial charge in [0.05, 0.1) is 11.0 Å². The first-order chi connectivity index (χ1) is 11.9. The molecule has 0 fully saturated rings. The minimum Gasteiger partial charge on any atom is -0.254 e. The summed E-state index contributed by atoms with van der Waals surface area (Å²) >= 11 is 0. The molecule has 2 nitrogen and oxygen atoms in total. The van der Waals surface area contributed by atoms with Crippen molar-refractivity contribution in [1.82, 2.24) is 9.97 Å². The second-order valence-electron chi connectivity index (χ2n) is 6.67. The highest BCUT2D eigenvalue weighted by Crippen LogP contribution is 2.32.